The monoisotopic (exact) mass is 821 g/mol. The van der Waals surface area contributed by atoms with Gasteiger partial charge in [-0.25, -0.2) is 4.98 Å². The van der Waals surface area contributed by atoms with Gasteiger partial charge in [-0.2, -0.15) is 0 Å². The molecule has 60 heavy (non-hydrogen) atoms. The molecule has 0 amide bonds. The number of hydrogen-bond donors (Lipinski definition) is 8. The van der Waals surface area contributed by atoms with Gasteiger partial charge in [0, 0.05) is 47.1 Å². The number of aliphatic hydroxyl groups is 3. The molecule has 10 heteroatoms. The van der Waals surface area contributed by atoms with Crippen LogP contribution in [-0.4, -0.2) is 64.4 Å². The van der Waals surface area contributed by atoms with E-state index in [1.54, 1.807) is 12.3 Å². The van der Waals surface area contributed by atoms with Crippen molar-refractivity contribution in [3.8, 4) is 22.8 Å². The number of nitrogens with zero attached hydrogens (tertiary/aromatic N) is 1. The van der Waals surface area contributed by atoms with Crippen molar-refractivity contribution in [2.45, 2.75) is 134 Å². The van der Waals surface area contributed by atoms with E-state index < -0.39 is 23.6 Å². The molecule has 2 aromatic heterocycles. The zero-order valence-electron chi connectivity index (χ0n) is 35.3. The molecule has 0 aliphatic heterocycles. The summed E-state index contributed by atoms with van der Waals surface area (Å²) in [5.74, 6) is -0.985. The zero-order valence-corrected chi connectivity index (χ0v) is 35.3. The topological polar surface area (TPSA) is 193 Å². The second-order valence-electron chi connectivity index (χ2n) is 18.0. The van der Waals surface area contributed by atoms with Crippen molar-refractivity contribution in [2.24, 2.45) is 29.6 Å². The van der Waals surface area contributed by atoms with Crippen molar-refractivity contribution in [2.75, 3.05) is 5.73 Å². The Morgan fingerprint density at radius 3 is 2.47 bits per heavy atom. The number of aliphatic hydroxyl groups excluding tert-OH is 2. The molecule has 2 aliphatic rings. The minimum atomic E-state index is -1.15. The maximum absolute atomic E-state index is 12.5. The molecular weight excluding hydrogens is 755 g/mol. The molecule has 2 aromatic carbocycles. The van der Waals surface area contributed by atoms with Crippen LogP contribution in [0.5, 0.6) is 11.5 Å². The van der Waals surface area contributed by atoms with Crippen LogP contribution in [-0.2, 0) is 24.1 Å². The fraction of sp³-hybridized carbons (Fsp3) is 0.520. The van der Waals surface area contributed by atoms with E-state index in [4.69, 9.17) is 5.73 Å². The lowest BCUT2D eigenvalue weighted by Gasteiger charge is -2.32. The quantitative estimate of drug-likeness (QED) is 0.0282. The SMILES string of the molecule is CCCCCC1C=CC(CCCCCC(C(=O)O)C(O)CCC2(O)CC(Cc3ccnc(N)c3)CC2Cc2ccc(-c3cc(O)cc(O)c3Cc3ccccc3)[nH]2)C(O)C1. The zero-order chi connectivity index (χ0) is 42.6. The first-order chi connectivity index (χ1) is 28.9. The lowest BCUT2D eigenvalue weighted by atomic mass is 9.80. The smallest absolute Gasteiger partial charge is 0.309 e. The second kappa shape index (κ2) is 21.2. The van der Waals surface area contributed by atoms with E-state index in [0.29, 0.717) is 61.4 Å². The second-order valence-corrected chi connectivity index (χ2v) is 18.0. The summed E-state index contributed by atoms with van der Waals surface area (Å²) in [7, 11) is 0. The van der Waals surface area contributed by atoms with Gasteiger partial charge in [0.25, 0.3) is 0 Å². The molecule has 1 fully saturated rings. The van der Waals surface area contributed by atoms with E-state index in [9.17, 15) is 35.4 Å². The van der Waals surface area contributed by atoms with Gasteiger partial charge in [-0.1, -0.05) is 87.9 Å². The molecule has 10 nitrogen and oxygen atoms in total. The minimum Gasteiger partial charge on any atom is -0.508 e. The highest BCUT2D eigenvalue weighted by molar-refractivity contribution is 5.71. The Balaban J connectivity index is 1.09. The van der Waals surface area contributed by atoms with Crippen LogP contribution in [0, 0.1) is 29.6 Å². The lowest BCUT2D eigenvalue weighted by Crippen LogP contribution is -2.37. The number of carboxylic acids is 1. The summed E-state index contributed by atoms with van der Waals surface area (Å²) in [5.41, 5.74) is 9.93. The number of rotatable bonds is 22. The van der Waals surface area contributed by atoms with Crippen LogP contribution in [0.4, 0.5) is 5.82 Å². The predicted molar refractivity (Wildman–Crippen MR) is 236 cm³/mol. The first kappa shape index (κ1) is 44.9. The number of pyridine rings is 1. The number of nitrogen functional groups attached to an aromatic ring is 1. The molecule has 8 unspecified atom stereocenters. The predicted octanol–water partition coefficient (Wildman–Crippen LogP) is 9.13. The van der Waals surface area contributed by atoms with Gasteiger partial charge in [-0.05, 0) is 123 Å². The van der Waals surface area contributed by atoms with Crippen molar-refractivity contribution in [3.05, 3.63) is 107 Å². The molecule has 1 saturated carbocycles. The Kier molecular flexibility index (Phi) is 15.9. The number of phenols is 2. The number of allylic oxidation sites excluding steroid dienone is 1. The third kappa shape index (κ3) is 12.2. The van der Waals surface area contributed by atoms with Crippen LogP contribution >= 0.6 is 0 Å². The van der Waals surface area contributed by atoms with E-state index >= 15 is 0 Å². The maximum atomic E-state index is 12.5. The number of anilines is 1. The fourth-order valence-electron chi connectivity index (χ4n) is 10.1. The average Bonchev–Trinajstić information content (AvgIpc) is 3.80. The number of H-pyrrole nitrogens is 1. The summed E-state index contributed by atoms with van der Waals surface area (Å²) in [6.45, 7) is 2.20. The molecule has 0 radical (unpaired) electrons. The molecule has 0 bridgehead atoms. The highest BCUT2D eigenvalue weighted by Crippen LogP contribution is 2.46. The number of unbranched alkanes of at least 4 members (excludes halogenated alkanes) is 4. The third-order valence-corrected chi connectivity index (χ3v) is 13.4. The minimum absolute atomic E-state index is 0.00998. The lowest BCUT2D eigenvalue weighted by molar-refractivity contribution is -0.146. The number of hydrogen-bond acceptors (Lipinski definition) is 8. The first-order valence-corrected chi connectivity index (χ1v) is 22.4. The third-order valence-electron chi connectivity index (χ3n) is 13.4. The summed E-state index contributed by atoms with van der Waals surface area (Å²) < 4.78 is 0. The van der Waals surface area contributed by atoms with Gasteiger partial charge in [-0.15, -0.1) is 0 Å². The number of aromatic nitrogens is 2. The van der Waals surface area contributed by atoms with Crippen LogP contribution < -0.4 is 5.73 Å². The van der Waals surface area contributed by atoms with Crippen molar-refractivity contribution < 1.29 is 35.4 Å². The van der Waals surface area contributed by atoms with Gasteiger partial charge in [0.1, 0.15) is 17.3 Å². The number of carbonyl (C=O) groups is 1. The van der Waals surface area contributed by atoms with Crippen molar-refractivity contribution >= 4 is 11.8 Å². The van der Waals surface area contributed by atoms with Crippen LogP contribution in [0.1, 0.15) is 119 Å². The van der Waals surface area contributed by atoms with Gasteiger partial charge in [0.2, 0.25) is 0 Å². The normalized spacial score (nSPS) is 23.8. The van der Waals surface area contributed by atoms with Gasteiger partial charge in [0.05, 0.1) is 23.7 Å². The number of nitrogens with two attached hydrogens (primary N) is 1. The Labute approximate surface area is 355 Å². The molecule has 0 spiro atoms. The van der Waals surface area contributed by atoms with Gasteiger partial charge in [-0.3, -0.25) is 4.79 Å². The average molecular weight is 822 g/mol. The standard InChI is InChI=1S/C50H67N3O7/c1-2-3-6-11-34-16-17-37(46(56)27-34)14-9-5-10-15-41(49(58)59)45(55)20-22-50(60)32-36(24-35-21-23-52-48(51)28-35)25-38(50)29-39-18-19-44(53-39)42-30-40(54)31-47(57)43(42)26-33-12-7-4-8-13-33/h4,7-8,12-13,16-19,21,23,28,30-31,34,36-38,41,45-46,53-57,60H,2-3,5-6,9-11,14-15,20,22,24-27,29,32H2,1H3,(H2,51,52)(H,58,59). The number of nitrogens with one attached hydrogen (secondary N) is 1. The van der Waals surface area contributed by atoms with E-state index in [1.165, 1.54) is 25.3 Å². The Morgan fingerprint density at radius 1 is 0.917 bits per heavy atom. The highest BCUT2D eigenvalue weighted by Gasteiger charge is 2.46. The number of phenolic OH excluding ortho intramolecular Hbond substituents is 2. The van der Waals surface area contributed by atoms with E-state index in [-0.39, 0.29) is 48.2 Å². The highest BCUT2D eigenvalue weighted by atomic mass is 16.4. The Hall–Kier alpha value is -4.64. The Bertz CT molecular complexity index is 2000. The maximum Gasteiger partial charge on any atom is 0.309 e. The van der Waals surface area contributed by atoms with Gasteiger partial charge < -0.3 is 41.4 Å². The number of aliphatic carboxylic acids is 1. The van der Waals surface area contributed by atoms with E-state index in [2.05, 4.69) is 29.0 Å². The fourth-order valence-corrected chi connectivity index (χ4v) is 10.1. The van der Waals surface area contributed by atoms with Crippen molar-refractivity contribution in [3.63, 3.8) is 0 Å². The summed E-state index contributed by atoms with van der Waals surface area (Å²) >= 11 is 0. The van der Waals surface area contributed by atoms with Gasteiger partial charge in [0.15, 0.2) is 0 Å². The van der Waals surface area contributed by atoms with Crippen LogP contribution in [0.3, 0.4) is 0 Å². The summed E-state index contributed by atoms with van der Waals surface area (Å²) in [4.78, 5) is 20.1. The number of carboxylic acid groups (broad SMARTS) is 1. The molecule has 8 atom stereocenters. The molecular formula is C50H67N3O7. The molecule has 2 aliphatic carbocycles. The van der Waals surface area contributed by atoms with Gasteiger partial charge >= 0.3 is 5.97 Å². The summed E-state index contributed by atoms with van der Waals surface area (Å²) in [5, 5.41) is 66.2. The van der Waals surface area contributed by atoms with E-state index in [0.717, 1.165) is 61.0 Å². The summed E-state index contributed by atoms with van der Waals surface area (Å²) in [6, 6.07) is 20.6. The molecule has 324 valence electrons. The molecule has 4 aromatic rings. The van der Waals surface area contributed by atoms with Crippen molar-refractivity contribution in [1.29, 1.82) is 0 Å². The molecule has 2 heterocycles. The Morgan fingerprint density at radius 2 is 1.72 bits per heavy atom. The molecule has 6 rings (SSSR count). The largest absolute Gasteiger partial charge is 0.508 e. The van der Waals surface area contributed by atoms with Crippen LogP contribution in [0.15, 0.2) is 85.1 Å². The number of aromatic hydroxyl groups is 2. The molecule has 9 N–H and O–H groups in total. The van der Waals surface area contributed by atoms with Crippen LogP contribution in [0.2, 0.25) is 0 Å². The number of aromatic amines is 1. The first-order valence-electron chi connectivity index (χ1n) is 22.4. The van der Waals surface area contributed by atoms with Crippen LogP contribution in [0.25, 0.3) is 11.3 Å². The van der Waals surface area contributed by atoms with Crippen molar-refractivity contribution in [1.82, 2.24) is 9.97 Å². The van der Waals surface area contributed by atoms with E-state index in [1.807, 2.05) is 54.6 Å². The molecule has 0 saturated heterocycles. The summed E-state index contributed by atoms with van der Waals surface area (Å²) in [6.07, 6.45) is 17.3. The number of benzene rings is 2.